The van der Waals surface area contributed by atoms with E-state index in [1.807, 2.05) is 18.2 Å². The number of para-hydroxylation sites is 1. The number of H-pyrrole nitrogens is 1. The number of aromatic amines is 1. The van der Waals surface area contributed by atoms with Gasteiger partial charge in [0.1, 0.15) is 0 Å². The van der Waals surface area contributed by atoms with Crippen LogP contribution in [0.4, 0.5) is 0 Å². The van der Waals surface area contributed by atoms with Crippen LogP contribution >= 0.6 is 0 Å². The average Bonchev–Trinajstić information content (AvgIpc) is 2.55. The number of nitrogens with zero attached hydrogens (tertiary/aromatic N) is 1. The zero-order chi connectivity index (χ0) is 17.1. The molecule has 0 radical (unpaired) electrons. The second-order valence-electron chi connectivity index (χ2n) is 5.82. The van der Waals surface area contributed by atoms with Crippen LogP contribution in [0.3, 0.4) is 0 Å². The van der Waals surface area contributed by atoms with Crippen molar-refractivity contribution < 1.29 is 19.4 Å². The first-order valence-corrected chi connectivity index (χ1v) is 7.75. The molecule has 7 heteroatoms. The second kappa shape index (κ2) is 6.84. The number of fused-ring (bicyclic) bond motifs is 1. The number of pyridine rings is 1. The van der Waals surface area contributed by atoms with Crippen LogP contribution in [-0.2, 0) is 20.7 Å². The molecule has 1 aliphatic rings. The fourth-order valence-electron chi connectivity index (χ4n) is 2.86. The van der Waals surface area contributed by atoms with Crippen LogP contribution in [0.25, 0.3) is 10.9 Å². The summed E-state index contributed by atoms with van der Waals surface area (Å²) in [5, 5.41) is 9.70. The Labute approximate surface area is 137 Å². The molecule has 1 atom stereocenters. The summed E-state index contributed by atoms with van der Waals surface area (Å²) in [5.74, 6) is -1.16. The van der Waals surface area contributed by atoms with Gasteiger partial charge in [-0.15, -0.1) is 0 Å². The standard InChI is InChI=1S/C17H18N2O5/c20-15(19-5-6-24-13(10-19)9-16(21)22)8-12-7-11-3-1-2-4-14(11)18-17(12)23/h1-4,7,13H,5-6,8-10H2,(H,18,23)(H,21,22)/t13-/m1/s1. The minimum Gasteiger partial charge on any atom is -0.481 e. The molecule has 1 fully saturated rings. The molecule has 2 N–H and O–H groups in total. The summed E-state index contributed by atoms with van der Waals surface area (Å²) in [4.78, 5) is 39.7. The number of carbonyl (C=O) groups excluding carboxylic acids is 1. The van der Waals surface area contributed by atoms with Crippen molar-refractivity contribution in [3.05, 3.63) is 46.2 Å². The van der Waals surface area contributed by atoms with Gasteiger partial charge in [-0.3, -0.25) is 14.4 Å². The van der Waals surface area contributed by atoms with Crippen LogP contribution in [0.15, 0.2) is 35.1 Å². The average molecular weight is 330 g/mol. The van der Waals surface area contributed by atoms with E-state index in [-0.39, 0.29) is 30.9 Å². The predicted molar refractivity (Wildman–Crippen MR) is 86.8 cm³/mol. The van der Waals surface area contributed by atoms with E-state index in [0.29, 0.717) is 18.7 Å². The third kappa shape index (κ3) is 3.62. The molecule has 7 nitrogen and oxygen atoms in total. The number of carboxylic acid groups (broad SMARTS) is 1. The van der Waals surface area contributed by atoms with Gasteiger partial charge in [0.05, 0.1) is 25.6 Å². The van der Waals surface area contributed by atoms with Crippen molar-refractivity contribution in [1.29, 1.82) is 0 Å². The Morgan fingerprint density at radius 2 is 2.12 bits per heavy atom. The van der Waals surface area contributed by atoms with E-state index in [9.17, 15) is 14.4 Å². The molecule has 126 valence electrons. The SMILES string of the molecule is O=C(O)C[C@@H]1CN(C(=O)Cc2cc3ccccc3[nH]c2=O)CCO1. The molecule has 24 heavy (non-hydrogen) atoms. The number of aromatic nitrogens is 1. The van der Waals surface area contributed by atoms with Gasteiger partial charge >= 0.3 is 5.97 Å². The Kier molecular flexibility index (Phi) is 4.61. The number of benzene rings is 1. The third-order valence-corrected chi connectivity index (χ3v) is 4.07. The maximum atomic E-state index is 12.5. The van der Waals surface area contributed by atoms with Gasteiger partial charge in [-0.2, -0.15) is 0 Å². The summed E-state index contributed by atoms with van der Waals surface area (Å²) in [6.07, 6.45) is -0.657. The highest BCUT2D eigenvalue weighted by Gasteiger charge is 2.26. The van der Waals surface area contributed by atoms with Gasteiger partial charge in [-0.05, 0) is 17.5 Å². The van der Waals surface area contributed by atoms with Gasteiger partial charge < -0.3 is 19.7 Å². The van der Waals surface area contributed by atoms with Gasteiger partial charge in [0, 0.05) is 24.2 Å². The number of carboxylic acids is 1. The lowest BCUT2D eigenvalue weighted by molar-refractivity contribution is -0.147. The Morgan fingerprint density at radius 1 is 1.33 bits per heavy atom. The first kappa shape index (κ1) is 16.2. The maximum Gasteiger partial charge on any atom is 0.306 e. The number of aliphatic carboxylic acids is 1. The monoisotopic (exact) mass is 330 g/mol. The van der Waals surface area contributed by atoms with Crippen LogP contribution in [0.5, 0.6) is 0 Å². The van der Waals surface area contributed by atoms with Crippen molar-refractivity contribution in [2.24, 2.45) is 0 Å². The first-order valence-electron chi connectivity index (χ1n) is 7.75. The molecule has 0 saturated carbocycles. The summed E-state index contributed by atoms with van der Waals surface area (Å²) in [5.41, 5.74) is 0.851. The second-order valence-corrected chi connectivity index (χ2v) is 5.82. The zero-order valence-electron chi connectivity index (χ0n) is 13.0. The molecule has 2 aromatic rings. The summed E-state index contributed by atoms with van der Waals surface area (Å²) in [6.45, 7) is 0.939. The molecule has 0 bridgehead atoms. The van der Waals surface area contributed by atoms with E-state index in [2.05, 4.69) is 4.98 Å². The fourth-order valence-corrected chi connectivity index (χ4v) is 2.86. The summed E-state index contributed by atoms with van der Waals surface area (Å²) < 4.78 is 5.36. The van der Waals surface area contributed by atoms with E-state index >= 15 is 0 Å². The van der Waals surface area contributed by atoms with Crippen molar-refractivity contribution in [2.75, 3.05) is 19.7 Å². The molecule has 0 unspecified atom stereocenters. The van der Waals surface area contributed by atoms with Crippen LogP contribution in [-0.4, -0.2) is 52.7 Å². The smallest absolute Gasteiger partial charge is 0.306 e. The number of hydrogen-bond acceptors (Lipinski definition) is 4. The third-order valence-electron chi connectivity index (χ3n) is 4.07. The van der Waals surface area contributed by atoms with Crippen LogP contribution in [0.1, 0.15) is 12.0 Å². The van der Waals surface area contributed by atoms with Gasteiger partial charge in [0.15, 0.2) is 0 Å². The molecular weight excluding hydrogens is 312 g/mol. The highest BCUT2D eigenvalue weighted by molar-refractivity contribution is 5.82. The van der Waals surface area contributed by atoms with E-state index < -0.39 is 12.1 Å². The lowest BCUT2D eigenvalue weighted by Crippen LogP contribution is -2.47. The molecule has 1 amide bonds. The number of amides is 1. The highest BCUT2D eigenvalue weighted by Crippen LogP contribution is 2.13. The van der Waals surface area contributed by atoms with E-state index in [1.54, 1.807) is 17.0 Å². The zero-order valence-corrected chi connectivity index (χ0v) is 13.0. The number of rotatable bonds is 4. The quantitative estimate of drug-likeness (QED) is 0.863. The highest BCUT2D eigenvalue weighted by atomic mass is 16.5. The van der Waals surface area contributed by atoms with E-state index in [1.165, 1.54) is 0 Å². The Balaban J connectivity index is 1.73. The summed E-state index contributed by atoms with van der Waals surface area (Å²) >= 11 is 0. The number of hydrogen-bond donors (Lipinski definition) is 2. The van der Waals surface area contributed by atoms with Crippen molar-refractivity contribution in [3.63, 3.8) is 0 Å². The maximum absolute atomic E-state index is 12.5. The Morgan fingerprint density at radius 3 is 2.92 bits per heavy atom. The van der Waals surface area contributed by atoms with Crippen molar-refractivity contribution in [2.45, 2.75) is 18.9 Å². The minimum absolute atomic E-state index is 0.0139. The number of ether oxygens (including phenoxy) is 1. The van der Waals surface area contributed by atoms with Crippen LogP contribution < -0.4 is 5.56 Å². The van der Waals surface area contributed by atoms with Gasteiger partial charge in [-0.1, -0.05) is 18.2 Å². The normalized spacial score (nSPS) is 17.8. The van der Waals surface area contributed by atoms with Gasteiger partial charge in [0.25, 0.3) is 5.56 Å². The summed E-state index contributed by atoms with van der Waals surface area (Å²) in [7, 11) is 0. The molecule has 1 aromatic carbocycles. The molecule has 1 aromatic heterocycles. The topological polar surface area (TPSA) is 99.7 Å². The van der Waals surface area contributed by atoms with Crippen molar-refractivity contribution in [1.82, 2.24) is 9.88 Å². The molecule has 2 heterocycles. The molecule has 0 spiro atoms. The summed E-state index contributed by atoms with van der Waals surface area (Å²) in [6, 6.07) is 9.10. The predicted octanol–water partition coefficient (Wildman–Crippen LogP) is 0.773. The largest absolute Gasteiger partial charge is 0.481 e. The molecule has 3 rings (SSSR count). The molecule has 1 aliphatic heterocycles. The lowest BCUT2D eigenvalue weighted by Gasteiger charge is -2.32. The number of carbonyl (C=O) groups is 2. The Hall–Kier alpha value is -2.67. The van der Waals surface area contributed by atoms with Crippen LogP contribution in [0, 0.1) is 0 Å². The van der Waals surface area contributed by atoms with E-state index in [4.69, 9.17) is 9.84 Å². The van der Waals surface area contributed by atoms with E-state index in [0.717, 1.165) is 10.9 Å². The number of morpholine rings is 1. The van der Waals surface area contributed by atoms with Crippen molar-refractivity contribution >= 4 is 22.8 Å². The minimum atomic E-state index is -0.958. The molecule has 1 saturated heterocycles. The Bertz CT molecular complexity index is 829. The first-order chi connectivity index (χ1) is 11.5. The number of nitrogens with one attached hydrogen (secondary N) is 1. The van der Waals surface area contributed by atoms with Crippen molar-refractivity contribution in [3.8, 4) is 0 Å². The lowest BCUT2D eigenvalue weighted by atomic mass is 10.1. The molecule has 0 aliphatic carbocycles. The molecular formula is C17H18N2O5. The van der Waals surface area contributed by atoms with Gasteiger partial charge in [0.2, 0.25) is 5.91 Å². The van der Waals surface area contributed by atoms with Gasteiger partial charge in [-0.25, -0.2) is 0 Å². The fraction of sp³-hybridized carbons (Fsp3) is 0.353. The van der Waals surface area contributed by atoms with Crippen LogP contribution in [0.2, 0.25) is 0 Å².